The van der Waals surface area contributed by atoms with Crippen LogP contribution in [0.3, 0.4) is 0 Å². The molecule has 2 aromatic rings. The van der Waals surface area contributed by atoms with Crippen molar-refractivity contribution in [1.82, 2.24) is 20.5 Å². The van der Waals surface area contributed by atoms with Gasteiger partial charge in [0.05, 0.1) is 11.7 Å². The Morgan fingerprint density at radius 3 is 2.50 bits per heavy atom. The van der Waals surface area contributed by atoms with Gasteiger partial charge < -0.3 is 15.5 Å². The molecule has 0 aliphatic carbocycles. The Morgan fingerprint density at radius 1 is 1.11 bits per heavy atom. The molecule has 1 aromatic heterocycles. The normalized spacial score (nSPS) is 15.7. The maximum atomic E-state index is 14.1. The summed E-state index contributed by atoms with van der Waals surface area (Å²) in [6, 6.07) is 10.4. The smallest absolute Gasteiger partial charge is 0.309 e. The fourth-order valence-electron chi connectivity index (χ4n) is 3.40. The van der Waals surface area contributed by atoms with Gasteiger partial charge in [-0.25, -0.2) is 4.39 Å². The SMILES string of the molecule is CNC(=O)C(=O)NCC(c1cccnc1)N1CCN(c2ccccc2F)CC1. The number of nitrogens with one attached hydrogen (secondary N) is 2. The Bertz CT molecular complexity index is 809. The van der Waals surface area contributed by atoms with E-state index in [0.29, 0.717) is 31.9 Å². The van der Waals surface area contributed by atoms with Gasteiger partial charge in [-0.2, -0.15) is 0 Å². The zero-order chi connectivity index (χ0) is 19.9. The fourth-order valence-corrected chi connectivity index (χ4v) is 3.40. The molecule has 1 atom stereocenters. The molecule has 1 aromatic carbocycles. The Labute approximate surface area is 163 Å². The maximum absolute atomic E-state index is 14.1. The average Bonchev–Trinajstić information content (AvgIpc) is 2.75. The van der Waals surface area contributed by atoms with Crippen LogP contribution >= 0.6 is 0 Å². The summed E-state index contributed by atoms with van der Waals surface area (Å²) in [6.45, 7) is 3.02. The molecule has 2 heterocycles. The summed E-state index contributed by atoms with van der Waals surface area (Å²) in [4.78, 5) is 31.8. The third-order valence-electron chi connectivity index (χ3n) is 4.91. The van der Waals surface area contributed by atoms with E-state index in [-0.39, 0.29) is 18.4 Å². The minimum absolute atomic E-state index is 0.120. The molecule has 3 rings (SSSR count). The molecular formula is C20H24FN5O2. The first-order valence-corrected chi connectivity index (χ1v) is 9.23. The number of carbonyl (C=O) groups excluding carboxylic acids is 2. The molecule has 2 N–H and O–H groups in total. The van der Waals surface area contributed by atoms with Gasteiger partial charge in [0.15, 0.2) is 0 Å². The number of rotatable bonds is 5. The number of likely N-dealkylation sites (N-methyl/N-ethyl adjacent to an activating group) is 1. The number of nitrogens with zero attached hydrogens (tertiary/aromatic N) is 3. The van der Waals surface area contributed by atoms with E-state index in [1.54, 1.807) is 24.5 Å². The summed E-state index contributed by atoms with van der Waals surface area (Å²) in [5.41, 5.74) is 1.56. The molecule has 28 heavy (non-hydrogen) atoms. The maximum Gasteiger partial charge on any atom is 0.309 e. The van der Waals surface area contributed by atoms with Gasteiger partial charge >= 0.3 is 11.8 Å². The minimum atomic E-state index is -0.672. The predicted octanol–water partition coefficient (Wildman–Crippen LogP) is 0.946. The highest BCUT2D eigenvalue weighted by atomic mass is 19.1. The molecule has 7 nitrogen and oxygen atoms in total. The number of aromatic nitrogens is 1. The number of anilines is 1. The Hall–Kier alpha value is -3.00. The second-order valence-corrected chi connectivity index (χ2v) is 6.57. The van der Waals surface area contributed by atoms with E-state index in [1.165, 1.54) is 13.1 Å². The molecule has 148 valence electrons. The zero-order valence-electron chi connectivity index (χ0n) is 15.8. The number of piperazine rings is 1. The van der Waals surface area contributed by atoms with Crippen LogP contribution in [0.15, 0.2) is 48.8 Å². The number of amides is 2. The van der Waals surface area contributed by atoms with E-state index >= 15 is 0 Å². The highest BCUT2D eigenvalue weighted by Gasteiger charge is 2.27. The predicted molar refractivity (Wildman–Crippen MR) is 104 cm³/mol. The molecule has 0 radical (unpaired) electrons. The van der Waals surface area contributed by atoms with E-state index < -0.39 is 11.8 Å². The molecule has 1 aliphatic rings. The van der Waals surface area contributed by atoms with Crippen LogP contribution in [-0.4, -0.2) is 61.5 Å². The van der Waals surface area contributed by atoms with Crippen LogP contribution < -0.4 is 15.5 Å². The lowest BCUT2D eigenvalue weighted by atomic mass is 10.1. The van der Waals surface area contributed by atoms with Crippen LogP contribution in [0.5, 0.6) is 0 Å². The lowest BCUT2D eigenvalue weighted by Crippen LogP contribution is -2.51. The topological polar surface area (TPSA) is 77.6 Å². The lowest BCUT2D eigenvalue weighted by molar-refractivity contribution is -0.139. The van der Waals surface area contributed by atoms with Gasteiger partial charge in [0, 0.05) is 52.2 Å². The number of halogens is 1. The fraction of sp³-hybridized carbons (Fsp3) is 0.350. The van der Waals surface area contributed by atoms with Gasteiger partial charge in [0.25, 0.3) is 0 Å². The third-order valence-corrected chi connectivity index (χ3v) is 4.91. The Balaban J connectivity index is 1.68. The van der Waals surface area contributed by atoms with Gasteiger partial charge in [-0.15, -0.1) is 0 Å². The van der Waals surface area contributed by atoms with E-state index in [2.05, 4.69) is 20.5 Å². The molecule has 8 heteroatoms. The van der Waals surface area contributed by atoms with Crippen LogP contribution in [0.1, 0.15) is 11.6 Å². The van der Waals surface area contributed by atoms with Crippen molar-refractivity contribution in [2.75, 3.05) is 44.7 Å². The summed E-state index contributed by atoms with van der Waals surface area (Å²) in [5, 5.41) is 5.01. The first kappa shape index (κ1) is 19.8. The van der Waals surface area contributed by atoms with Crippen LogP contribution in [-0.2, 0) is 9.59 Å². The summed E-state index contributed by atoms with van der Waals surface area (Å²) in [5.74, 6) is -1.56. The average molecular weight is 385 g/mol. The summed E-state index contributed by atoms with van der Waals surface area (Å²) >= 11 is 0. The van der Waals surface area contributed by atoms with Gasteiger partial charge in [-0.05, 0) is 23.8 Å². The molecule has 0 spiro atoms. The quantitative estimate of drug-likeness (QED) is 0.750. The van der Waals surface area contributed by atoms with Crippen molar-refractivity contribution in [2.24, 2.45) is 0 Å². The molecule has 1 saturated heterocycles. The van der Waals surface area contributed by atoms with Gasteiger partial charge in [0.2, 0.25) is 0 Å². The molecule has 1 aliphatic heterocycles. The molecule has 0 saturated carbocycles. The number of benzene rings is 1. The number of para-hydroxylation sites is 1. The summed E-state index contributed by atoms with van der Waals surface area (Å²) in [7, 11) is 1.42. The van der Waals surface area contributed by atoms with E-state index in [1.807, 2.05) is 23.1 Å². The van der Waals surface area contributed by atoms with Crippen molar-refractivity contribution in [3.05, 3.63) is 60.2 Å². The van der Waals surface area contributed by atoms with Gasteiger partial charge in [-0.1, -0.05) is 18.2 Å². The highest BCUT2D eigenvalue weighted by Crippen LogP contribution is 2.25. The molecule has 1 unspecified atom stereocenters. The Morgan fingerprint density at radius 2 is 1.86 bits per heavy atom. The van der Waals surface area contributed by atoms with Gasteiger partial charge in [0.1, 0.15) is 5.82 Å². The third kappa shape index (κ3) is 4.64. The largest absolute Gasteiger partial charge is 0.367 e. The standard InChI is InChI=1S/C20H24FN5O2/c1-22-19(27)20(28)24-14-18(15-5-4-8-23-13-15)26-11-9-25(10-12-26)17-7-3-2-6-16(17)21/h2-8,13,18H,9-12,14H2,1H3,(H,22,27)(H,24,28). The van der Waals surface area contributed by atoms with Crippen molar-refractivity contribution < 1.29 is 14.0 Å². The first-order valence-electron chi connectivity index (χ1n) is 9.23. The summed E-state index contributed by atoms with van der Waals surface area (Å²) in [6.07, 6.45) is 3.46. The van der Waals surface area contributed by atoms with Crippen molar-refractivity contribution in [1.29, 1.82) is 0 Å². The van der Waals surface area contributed by atoms with Crippen molar-refractivity contribution in [3.8, 4) is 0 Å². The molecule has 2 amide bonds. The zero-order valence-corrected chi connectivity index (χ0v) is 15.8. The first-order chi connectivity index (χ1) is 13.6. The number of carbonyl (C=O) groups is 2. The van der Waals surface area contributed by atoms with Crippen molar-refractivity contribution >= 4 is 17.5 Å². The van der Waals surface area contributed by atoms with E-state index in [4.69, 9.17) is 0 Å². The number of hydrogen-bond donors (Lipinski definition) is 2. The van der Waals surface area contributed by atoms with Crippen molar-refractivity contribution in [3.63, 3.8) is 0 Å². The van der Waals surface area contributed by atoms with E-state index in [0.717, 1.165) is 5.56 Å². The molecular weight excluding hydrogens is 361 g/mol. The van der Waals surface area contributed by atoms with Crippen molar-refractivity contribution in [2.45, 2.75) is 6.04 Å². The van der Waals surface area contributed by atoms with Crippen LogP contribution in [0.4, 0.5) is 10.1 Å². The second-order valence-electron chi connectivity index (χ2n) is 6.57. The van der Waals surface area contributed by atoms with Gasteiger partial charge in [-0.3, -0.25) is 19.5 Å². The van der Waals surface area contributed by atoms with Crippen LogP contribution in [0.2, 0.25) is 0 Å². The minimum Gasteiger partial charge on any atom is -0.367 e. The monoisotopic (exact) mass is 385 g/mol. The molecule has 0 bridgehead atoms. The second kappa shape index (κ2) is 9.27. The summed E-state index contributed by atoms with van der Waals surface area (Å²) < 4.78 is 14.1. The highest BCUT2D eigenvalue weighted by molar-refractivity contribution is 6.35. The molecule has 1 fully saturated rings. The number of hydrogen-bond acceptors (Lipinski definition) is 5. The lowest BCUT2D eigenvalue weighted by Gasteiger charge is -2.40. The van der Waals surface area contributed by atoms with Crippen LogP contribution in [0, 0.1) is 5.82 Å². The van der Waals surface area contributed by atoms with Crippen LogP contribution in [0.25, 0.3) is 0 Å². The Kier molecular flexibility index (Phi) is 6.54. The van der Waals surface area contributed by atoms with E-state index in [9.17, 15) is 14.0 Å². The number of pyridine rings is 1.